The summed E-state index contributed by atoms with van der Waals surface area (Å²) >= 11 is 1.27. The van der Waals surface area contributed by atoms with Crippen molar-refractivity contribution < 1.29 is 33.4 Å². The van der Waals surface area contributed by atoms with Crippen LogP contribution in [0.1, 0.15) is 34.1 Å². The smallest absolute Gasteiger partial charge is 0.338 e. The topological polar surface area (TPSA) is 111 Å². The van der Waals surface area contributed by atoms with E-state index >= 15 is 0 Å². The third-order valence-electron chi connectivity index (χ3n) is 5.79. The average molecular weight is 535 g/mol. The number of hydrogen-bond acceptors (Lipinski definition) is 8. The van der Waals surface area contributed by atoms with Gasteiger partial charge in [-0.3, -0.25) is 14.4 Å². The van der Waals surface area contributed by atoms with Crippen molar-refractivity contribution in [3.05, 3.63) is 77.9 Å². The summed E-state index contributed by atoms with van der Waals surface area (Å²) in [6, 6.07) is 18.2. The number of nitrogens with zero attached hydrogens (tertiary/aromatic N) is 1. The number of carbonyl (C=O) groups is 4. The van der Waals surface area contributed by atoms with E-state index in [0.29, 0.717) is 28.4 Å². The first-order valence-corrected chi connectivity index (χ1v) is 12.7. The van der Waals surface area contributed by atoms with E-state index in [1.807, 2.05) is 0 Å². The summed E-state index contributed by atoms with van der Waals surface area (Å²) in [7, 11) is 2.96. The second kappa shape index (κ2) is 11.8. The van der Waals surface area contributed by atoms with E-state index in [1.54, 1.807) is 61.5 Å². The molecule has 38 heavy (non-hydrogen) atoms. The summed E-state index contributed by atoms with van der Waals surface area (Å²) in [5, 5.41) is 2.23. The summed E-state index contributed by atoms with van der Waals surface area (Å²) < 4.78 is 15.6. The number of ether oxygens (including phenoxy) is 3. The number of hydrogen-bond donors (Lipinski definition) is 1. The fourth-order valence-electron chi connectivity index (χ4n) is 3.98. The Balaban J connectivity index is 1.41. The highest BCUT2D eigenvalue weighted by atomic mass is 32.2. The predicted molar refractivity (Wildman–Crippen MR) is 143 cm³/mol. The minimum Gasteiger partial charge on any atom is -0.496 e. The number of anilines is 2. The van der Waals surface area contributed by atoms with E-state index in [4.69, 9.17) is 14.2 Å². The minimum atomic E-state index is -0.592. The van der Waals surface area contributed by atoms with Crippen LogP contribution in [-0.2, 0) is 14.3 Å². The highest BCUT2D eigenvalue weighted by molar-refractivity contribution is 8.00. The van der Waals surface area contributed by atoms with Gasteiger partial charge in [0, 0.05) is 17.0 Å². The van der Waals surface area contributed by atoms with Gasteiger partial charge in [-0.05, 0) is 67.6 Å². The van der Waals surface area contributed by atoms with E-state index in [9.17, 15) is 19.2 Å². The maximum atomic E-state index is 13.0. The largest absolute Gasteiger partial charge is 0.496 e. The molecule has 0 saturated carbocycles. The van der Waals surface area contributed by atoms with Gasteiger partial charge in [0.2, 0.25) is 11.8 Å². The van der Waals surface area contributed by atoms with Crippen LogP contribution in [0.25, 0.3) is 0 Å². The van der Waals surface area contributed by atoms with Crippen molar-refractivity contribution in [3.63, 3.8) is 0 Å². The fraction of sp³-hybridized carbons (Fsp3) is 0.214. The molecule has 0 radical (unpaired) electrons. The van der Waals surface area contributed by atoms with Crippen LogP contribution in [0.3, 0.4) is 0 Å². The van der Waals surface area contributed by atoms with E-state index in [2.05, 4.69) is 5.32 Å². The number of amides is 3. The van der Waals surface area contributed by atoms with Gasteiger partial charge in [-0.1, -0.05) is 6.07 Å². The van der Waals surface area contributed by atoms with Crippen molar-refractivity contribution in [2.45, 2.75) is 23.5 Å². The van der Waals surface area contributed by atoms with Crippen molar-refractivity contribution in [3.8, 4) is 11.5 Å². The summed E-state index contributed by atoms with van der Waals surface area (Å²) in [6.45, 7) is 1.97. The molecule has 3 aromatic carbocycles. The molecule has 1 atom stereocenters. The zero-order chi connectivity index (χ0) is 27.2. The SMILES string of the molecule is CCOC(=O)c1ccc(N2C(=O)CC(Sc3ccc(NC(=O)c4c(OC)cccc4OC)cc3)C2=O)cc1. The van der Waals surface area contributed by atoms with Gasteiger partial charge in [0.05, 0.1) is 37.3 Å². The molecule has 0 spiro atoms. The second-order valence-electron chi connectivity index (χ2n) is 8.16. The van der Waals surface area contributed by atoms with E-state index < -0.39 is 11.2 Å². The number of imide groups is 1. The van der Waals surface area contributed by atoms with Crippen LogP contribution >= 0.6 is 11.8 Å². The van der Waals surface area contributed by atoms with Crippen molar-refractivity contribution in [1.29, 1.82) is 0 Å². The summed E-state index contributed by atoms with van der Waals surface area (Å²) in [4.78, 5) is 52.4. The highest BCUT2D eigenvalue weighted by Gasteiger charge is 2.40. The Hall–Kier alpha value is -4.31. The van der Waals surface area contributed by atoms with E-state index in [1.165, 1.54) is 38.1 Å². The summed E-state index contributed by atoms with van der Waals surface area (Å²) in [5.41, 5.74) is 1.57. The maximum Gasteiger partial charge on any atom is 0.338 e. The molecule has 10 heteroatoms. The van der Waals surface area contributed by atoms with Crippen LogP contribution in [0.2, 0.25) is 0 Å². The van der Waals surface area contributed by atoms with Gasteiger partial charge in [0.25, 0.3) is 5.91 Å². The van der Waals surface area contributed by atoms with Crippen molar-refractivity contribution >= 4 is 46.8 Å². The predicted octanol–water partition coefficient (Wildman–Crippen LogP) is 4.56. The Bertz CT molecular complexity index is 1330. The molecule has 1 N–H and O–H groups in total. The first kappa shape index (κ1) is 26.7. The number of thioether (sulfide) groups is 1. The number of carbonyl (C=O) groups excluding carboxylic acids is 4. The first-order valence-electron chi connectivity index (χ1n) is 11.8. The summed E-state index contributed by atoms with van der Waals surface area (Å²) in [6.07, 6.45) is 0.0508. The van der Waals surface area contributed by atoms with Gasteiger partial charge in [-0.25, -0.2) is 9.69 Å². The van der Waals surface area contributed by atoms with Gasteiger partial charge in [-0.2, -0.15) is 0 Å². The zero-order valence-electron chi connectivity index (χ0n) is 21.1. The Morgan fingerprint density at radius 1 is 0.947 bits per heavy atom. The van der Waals surface area contributed by atoms with Gasteiger partial charge >= 0.3 is 5.97 Å². The normalized spacial score (nSPS) is 14.8. The van der Waals surface area contributed by atoms with Gasteiger partial charge in [-0.15, -0.1) is 11.8 Å². The Morgan fingerprint density at radius 2 is 1.58 bits per heavy atom. The van der Waals surface area contributed by atoms with Crippen LogP contribution in [0, 0.1) is 0 Å². The van der Waals surface area contributed by atoms with Crippen LogP contribution in [0.5, 0.6) is 11.5 Å². The number of methoxy groups -OCH3 is 2. The van der Waals surface area contributed by atoms with Crippen LogP contribution in [0.15, 0.2) is 71.6 Å². The molecule has 0 aromatic heterocycles. The van der Waals surface area contributed by atoms with Crippen molar-refractivity contribution in [2.24, 2.45) is 0 Å². The molecule has 3 amide bonds. The molecule has 4 rings (SSSR count). The number of benzene rings is 3. The molecule has 1 heterocycles. The summed E-state index contributed by atoms with van der Waals surface area (Å²) in [5.74, 6) is -0.721. The Kier molecular flexibility index (Phi) is 8.32. The van der Waals surface area contributed by atoms with E-state index in [-0.39, 0.29) is 36.3 Å². The van der Waals surface area contributed by atoms with Crippen molar-refractivity contribution in [2.75, 3.05) is 31.0 Å². The molecule has 1 aliphatic heterocycles. The molecule has 0 bridgehead atoms. The third-order valence-corrected chi connectivity index (χ3v) is 6.98. The standard InChI is InChI=1S/C28H26N2O7S/c1-4-37-28(34)17-8-12-19(13-9-17)30-24(31)16-23(27(30)33)38-20-14-10-18(11-15-20)29-26(32)25-21(35-2)6-5-7-22(25)36-3/h5-15,23H,4,16H2,1-3H3,(H,29,32). The highest BCUT2D eigenvalue weighted by Crippen LogP contribution is 2.35. The molecular formula is C28H26N2O7S. The number of nitrogens with one attached hydrogen (secondary N) is 1. The van der Waals surface area contributed by atoms with Gasteiger partial charge in [0.1, 0.15) is 17.1 Å². The molecule has 196 valence electrons. The molecule has 1 saturated heterocycles. The molecule has 9 nitrogen and oxygen atoms in total. The van der Waals surface area contributed by atoms with Gasteiger partial charge in [0.15, 0.2) is 0 Å². The lowest BCUT2D eigenvalue weighted by atomic mass is 10.1. The number of rotatable bonds is 9. The monoisotopic (exact) mass is 534 g/mol. The van der Waals surface area contributed by atoms with Crippen LogP contribution in [-0.4, -0.2) is 49.8 Å². The Morgan fingerprint density at radius 3 is 2.16 bits per heavy atom. The molecule has 1 unspecified atom stereocenters. The lowest BCUT2D eigenvalue weighted by Crippen LogP contribution is -2.31. The van der Waals surface area contributed by atoms with Crippen molar-refractivity contribution in [1.82, 2.24) is 0 Å². The molecule has 0 aliphatic carbocycles. The molecule has 1 fully saturated rings. The van der Waals surface area contributed by atoms with Crippen LogP contribution < -0.4 is 19.7 Å². The first-order chi connectivity index (χ1) is 18.4. The van der Waals surface area contributed by atoms with Gasteiger partial charge < -0.3 is 19.5 Å². The minimum absolute atomic E-state index is 0.0508. The lowest BCUT2D eigenvalue weighted by molar-refractivity contribution is -0.121. The Labute approximate surface area is 224 Å². The van der Waals surface area contributed by atoms with E-state index in [0.717, 1.165) is 9.80 Å². The van der Waals surface area contributed by atoms with Crippen LogP contribution in [0.4, 0.5) is 11.4 Å². The molecule has 1 aliphatic rings. The fourth-order valence-corrected chi connectivity index (χ4v) is 5.03. The molecular weight excluding hydrogens is 508 g/mol. The lowest BCUT2D eigenvalue weighted by Gasteiger charge is -2.15. The average Bonchev–Trinajstić information content (AvgIpc) is 3.21. The molecule has 3 aromatic rings. The zero-order valence-corrected chi connectivity index (χ0v) is 21.9. The quantitative estimate of drug-likeness (QED) is 0.314. The number of esters is 1. The second-order valence-corrected chi connectivity index (χ2v) is 9.44. The third kappa shape index (κ3) is 5.65. The maximum absolute atomic E-state index is 13.0.